The van der Waals surface area contributed by atoms with Gasteiger partial charge in [0.15, 0.2) is 0 Å². The molecule has 0 aromatic carbocycles. The highest BCUT2D eigenvalue weighted by molar-refractivity contribution is 5.08. The fourth-order valence-corrected chi connectivity index (χ4v) is 2.81. The van der Waals surface area contributed by atoms with E-state index in [1.165, 1.54) is 50.9 Å². The van der Waals surface area contributed by atoms with Gasteiger partial charge in [-0.1, -0.05) is 6.92 Å². The van der Waals surface area contributed by atoms with Crippen LogP contribution in [0.25, 0.3) is 0 Å². The molecule has 1 saturated heterocycles. The van der Waals surface area contributed by atoms with Gasteiger partial charge in [0.1, 0.15) is 0 Å². The lowest BCUT2D eigenvalue weighted by Crippen LogP contribution is -2.33. The van der Waals surface area contributed by atoms with E-state index < -0.39 is 0 Å². The summed E-state index contributed by atoms with van der Waals surface area (Å²) in [7, 11) is 0. The van der Waals surface area contributed by atoms with Gasteiger partial charge in [-0.05, 0) is 52.2 Å². The smallest absolute Gasteiger partial charge is 0.0534 e. The molecule has 4 heteroatoms. The second-order valence-corrected chi connectivity index (χ2v) is 5.39. The minimum absolute atomic E-state index is 0.395. The van der Waals surface area contributed by atoms with Crippen LogP contribution in [-0.4, -0.2) is 40.8 Å². The quantitative estimate of drug-likeness (QED) is 0.843. The van der Waals surface area contributed by atoms with E-state index in [9.17, 15) is 0 Å². The van der Waals surface area contributed by atoms with Crippen LogP contribution >= 0.6 is 0 Å². The fraction of sp³-hybridized carbons (Fsp3) is 0.786. The first-order valence-electron chi connectivity index (χ1n) is 7.26. The van der Waals surface area contributed by atoms with Crippen LogP contribution in [0.15, 0.2) is 12.4 Å². The standard InChI is InChI=1S/C14H26N4/c1-3-7-18-8-4-5-14(6-9-18)17-12(2)13-10-15-16-11-13/h10-12,14,17H,3-9H2,1-2H3,(H,15,16). The topological polar surface area (TPSA) is 44.0 Å². The lowest BCUT2D eigenvalue weighted by atomic mass is 10.1. The second kappa shape index (κ2) is 6.90. The molecule has 1 aromatic heterocycles. The van der Waals surface area contributed by atoms with E-state index in [-0.39, 0.29) is 0 Å². The zero-order valence-corrected chi connectivity index (χ0v) is 11.7. The number of H-pyrrole nitrogens is 1. The Morgan fingerprint density at radius 3 is 3.11 bits per heavy atom. The first kappa shape index (κ1) is 13.6. The SMILES string of the molecule is CCCN1CCCC(NC(C)c2cn[nH]c2)CC1. The van der Waals surface area contributed by atoms with Crippen LogP contribution in [0.4, 0.5) is 0 Å². The molecule has 0 saturated carbocycles. The molecule has 0 radical (unpaired) electrons. The molecule has 0 spiro atoms. The van der Waals surface area contributed by atoms with Gasteiger partial charge in [0.25, 0.3) is 0 Å². The minimum atomic E-state index is 0.395. The van der Waals surface area contributed by atoms with Crippen LogP contribution in [0.1, 0.15) is 51.1 Å². The van der Waals surface area contributed by atoms with Gasteiger partial charge in [-0.25, -0.2) is 0 Å². The minimum Gasteiger partial charge on any atom is -0.307 e. The van der Waals surface area contributed by atoms with Crippen molar-refractivity contribution in [3.05, 3.63) is 18.0 Å². The van der Waals surface area contributed by atoms with Gasteiger partial charge >= 0.3 is 0 Å². The van der Waals surface area contributed by atoms with Gasteiger partial charge in [-0.15, -0.1) is 0 Å². The summed E-state index contributed by atoms with van der Waals surface area (Å²) in [6, 6.07) is 1.04. The van der Waals surface area contributed by atoms with Crippen LogP contribution in [-0.2, 0) is 0 Å². The molecule has 0 bridgehead atoms. The fourth-order valence-electron chi connectivity index (χ4n) is 2.81. The highest BCUT2D eigenvalue weighted by atomic mass is 15.1. The monoisotopic (exact) mass is 250 g/mol. The van der Waals surface area contributed by atoms with Crippen LogP contribution < -0.4 is 5.32 Å². The van der Waals surface area contributed by atoms with E-state index in [0.29, 0.717) is 12.1 Å². The Balaban J connectivity index is 1.79. The van der Waals surface area contributed by atoms with Gasteiger partial charge in [0.05, 0.1) is 6.20 Å². The van der Waals surface area contributed by atoms with E-state index in [1.54, 1.807) is 0 Å². The van der Waals surface area contributed by atoms with Crippen molar-refractivity contribution >= 4 is 0 Å². The van der Waals surface area contributed by atoms with Crippen LogP contribution in [0.3, 0.4) is 0 Å². The number of rotatable bonds is 5. The Hall–Kier alpha value is -0.870. The van der Waals surface area contributed by atoms with Gasteiger partial charge in [0, 0.05) is 23.8 Å². The third-order valence-electron chi connectivity index (χ3n) is 3.87. The number of hydrogen-bond acceptors (Lipinski definition) is 3. The molecular formula is C14H26N4. The zero-order chi connectivity index (χ0) is 12.8. The van der Waals surface area contributed by atoms with Crippen molar-refractivity contribution in [1.82, 2.24) is 20.4 Å². The van der Waals surface area contributed by atoms with E-state index in [0.717, 1.165) is 0 Å². The summed E-state index contributed by atoms with van der Waals surface area (Å²) < 4.78 is 0. The number of likely N-dealkylation sites (tertiary alicyclic amines) is 1. The molecule has 2 atom stereocenters. The molecule has 1 aromatic rings. The number of aromatic amines is 1. The molecule has 4 nitrogen and oxygen atoms in total. The third kappa shape index (κ3) is 3.82. The van der Waals surface area contributed by atoms with E-state index in [1.807, 2.05) is 12.4 Å². The van der Waals surface area contributed by atoms with Gasteiger partial charge in [-0.2, -0.15) is 5.10 Å². The van der Waals surface area contributed by atoms with Crippen molar-refractivity contribution < 1.29 is 0 Å². The maximum Gasteiger partial charge on any atom is 0.0534 e. The van der Waals surface area contributed by atoms with Crippen molar-refractivity contribution in [2.24, 2.45) is 0 Å². The molecule has 2 N–H and O–H groups in total. The number of nitrogens with zero attached hydrogens (tertiary/aromatic N) is 2. The first-order valence-corrected chi connectivity index (χ1v) is 7.26. The van der Waals surface area contributed by atoms with Crippen molar-refractivity contribution in [2.45, 2.75) is 51.6 Å². The van der Waals surface area contributed by atoms with E-state index in [4.69, 9.17) is 0 Å². The molecule has 0 aliphatic carbocycles. The summed E-state index contributed by atoms with van der Waals surface area (Å²) in [5, 5.41) is 10.6. The summed E-state index contributed by atoms with van der Waals surface area (Å²) in [5.74, 6) is 0. The Morgan fingerprint density at radius 2 is 2.39 bits per heavy atom. The first-order chi connectivity index (χ1) is 8.79. The predicted molar refractivity (Wildman–Crippen MR) is 74.5 cm³/mol. The Bertz CT molecular complexity index is 323. The van der Waals surface area contributed by atoms with Crippen molar-refractivity contribution in [3.63, 3.8) is 0 Å². The van der Waals surface area contributed by atoms with Crippen LogP contribution in [0.5, 0.6) is 0 Å². The lowest BCUT2D eigenvalue weighted by Gasteiger charge is -2.22. The van der Waals surface area contributed by atoms with Gasteiger partial charge < -0.3 is 10.2 Å². The normalized spacial score (nSPS) is 23.8. The highest BCUT2D eigenvalue weighted by Gasteiger charge is 2.18. The Kier molecular flexibility index (Phi) is 5.20. The van der Waals surface area contributed by atoms with Gasteiger partial charge in [-0.3, -0.25) is 5.10 Å². The molecule has 2 unspecified atom stereocenters. The molecule has 2 rings (SSSR count). The maximum atomic E-state index is 4.02. The molecular weight excluding hydrogens is 224 g/mol. The Labute approximate surface area is 110 Å². The molecule has 2 heterocycles. The summed E-state index contributed by atoms with van der Waals surface area (Å²) in [6.45, 7) is 8.25. The number of aromatic nitrogens is 2. The lowest BCUT2D eigenvalue weighted by molar-refractivity contribution is 0.281. The summed E-state index contributed by atoms with van der Waals surface area (Å²) >= 11 is 0. The molecule has 0 amide bonds. The van der Waals surface area contributed by atoms with Crippen molar-refractivity contribution in [1.29, 1.82) is 0 Å². The molecule has 18 heavy (non-hydrogen) atoms. The average molecular weight is 250 g/mol. The number of hydrogen-bond donors (Lipinski definition) is 2. The van der Waals surface area contributed by atoms with Crippen LogP contribution in [0.2, 0.25) is 0 Å². The predicted octanol–water partition coefficient (Wildman–Crippen LogP) is 2.32. The number of nitrogens with one attached hydrogen (secondary N) is 2. The Morgan fingerprint density at radius 1 is 1.50 bits per heavy atom. The molecule has 102 valence electrons. The van der Waals surface area contributed by atoms with E-state index >= 15 is 0 Å². The maximum absolute atomic E-state index is 4.02. The second-order valence-electron chi connectivity index (χ2n) is 5.39. The highest BCUT2D eigenvalue weighted by Crippen LogP contribution is 2.16. The van der Waals surface area contributed by atoms with E-state index in [2.05, 4.69) is 34.3 Å². The largest absolute Gasteiger partial charge is 0.307 e. The zero-order valence-electron chi connectivity index (χ0n) is 11.7. The van der Waals surface area contributed by atoms with Crippen molar-refractivity contribution in [3.8, 4) is 0 Å². The molecule has 1 aliphatic heterocycles. The molecule has 1 fully saturated rings. The summed E-state index contributed by atoms with van der Waals surface area (Å²) in [4.78, 5) is 2.60. The van der Waals surface area contributed by atoms with Crippen LogP contribution in [0, 0.1) is 0 Å². The third-order valence-corrected chi connectivity index (χ3v) is 3.87. The molecule has 1 aliphatic rings. The van der Waals surface area contributed by atoms with Gasteiger partial charge in [0.2, 0.25) is 0 Å². The average Bonchev–Trinajstić information content (AvgIpc) is 2.81. The summed E-state index contributed by atoms with van der Waals surface area (Å²) in [6.07, 6.45) is 9.04. The van der Waals surface area contributed by atoms with Crippen molar-refractivity contribution in [2.75, 3.05) is 19.6 Å². The summed E-state index contributed by atoms with van der Waals surface area (Å²) in [5.41, 5.74) is 1.25.